The molecule has 20 heteroatoms. The second-order valence-electron chi connectivity index (χ2n) is 39.5. The Morgan fingerprint density at radius 2 is 0.442 bits per heavy atom. The van der Waals surface area contributed by atoms with Crippen LogP contribution in [0.3, 0.4) is 0 Å². The van der Waals surface area contributed by atoms with Crippen LogP contribution in [0.1, 0.15) is 11.1 Å². The third kappa shape index (κ3) is 9.20. The van der Waals surface area contributed by atoms with Gasteiger partial charge < -0.3 is 76.0 Å². The molecule has 0 radical (unpaired) electrons. The van der Waals surface area contributed by atoms with E-state index in [1.165, 1.54) is 243 Å². The summed E-state index contributed by atoms with van der Waals surface area (Å²) in [5.74, 6) is 0. The third-order valence-electron chi connectivity index (χ3n) is 33.0. The van der Waals surface area contributed by atoms with Crippen LogP contribution in [-0.2, 0) is 6.42 Å². The first-order chi connectivity index (χ1) is 73.1. The van der Waals surface area contributed by atoms with Crippen molar-refractivity contribution in [2.45, 2.75) is 6.42 Å². The molecule has 17 nitrogen and oxygen atoms in total. The highest BCUT2D eigenvalue weighted by Gasteiger charge is 2.33. The highest BCUT2D eigenvalue weighted by atomic mass is 32.1. The van der Waals surface area contributed by atoms with Crippen LogP contribution in [0.2, 0.25) is 0 Å². The number of aromatic nitrogens is 14. The van der Waals surface area contributed by atoms with Crippen molar-refractivity contribution in [1.82, 2.24) is 62.8 Å². The van der Waals surface area contributed by atoms with E-state index >= 15 is 0 Å². The molecule has 40 rings (SSSR count). The maximum Gasteiger partial charge on any atom is 0.158 e. The van der Waals surface area contributed by atoms with Crippen molar-refractivity contribution in [2.24, 2.45) is 0 Å². The minimum Gasteiger partial charge on any atom is -0.462 e. The molecule has 0 saturated carbocycles. The number of pyridine rings is 12. The van der Waals surface area contributed by atoms with E-state index in [1.54, 1.807) is 18.8 Å². The Bertz CT molecular complexity index is 11400. The first-order valence-electron chi connectivity index (χ1n) is 49.7. The zero-order valence-corrected chi connectivity index (χ0v) is 80.1. The summed E-state index contributed by atoms with van der Waals surface area (Å²) in [6.45, 7) is 0. The number of H-pyrrole nitrogens is 2. The van der Waals surface area contributed by atoms with E-state index in [0.717, 1.165) is 88.6 Å². The highest BCUT2D eigenvalue weighted by molar-refractivity contribution is 7.19. The number of aromatic amines is 2. The SMILES string of the molecule is C1=Cc2c(c3cccn3c3c2c2c(c4cc[nH]c4c4cccn42)c2c3c3cc[nH]c3c3cccn32)C1.c1cc2c3occc3c3c(c4c5ccoc5c5cccn5c4c4c5ccoc5c5cccn5c34)n2c1.c1cc2c3sccc3c3c(c4c5ccsc5c5cccn5c4c4c5ccsc5c5cccn5c34)n2c1.c1ccc2c(c1)c1c3c(c4ccccc4c4cccn43)c3c(c4ccccc4c4cccn43)c1n1cccc21. The summed E-state index contributed by atoms with van der Waals surface area (Å²) >= 11 is 5.52. The largest absolute Gasteiger partial charge is 0.462 e. The summed E-state index contributed by atoms with van der Waals surface area (Å²) in [5.41, 5.74) is 37.0. The van der Waals surface area contributed by atoms with Crippen LogP contribution in [0.5, 0.6) is 0 Å². The Balaban J connectivity index is 0.0000000800. The summed E-state index contributed by atoms with van der Waals surface area (Å²) in [6, 6.07) is 96.9. The van der Waals surface area contributed by atoms with E-state index in [9.17, 15) is 0 Å². The van der Waals surface area contributed by atoms with Crippen LogP contribution in [0.25, 0.3) is 320 Å². The molecule has 1 aliphatic carbocycles. The molecule has 32 aromatic heterocycles. The van der Waals surface area contributed by atoms with E-state index in [0.29, 0.717) is 0 Å². The Morgan fingerprint density at radius 3 is 0.776 bits per heavy atom. The smallest absolute Gasteiger partial charge is 0.158 e. The van der Waals surface area contributed by atoms with Crippen molar-refractivity contribution in [1.29, 1.82) is 0 Å². The van der Waals surface area contributed by atoms with Gasteiger partial charge >= 0.3 is 0 Å². The first kappa shape index (κ1) is 76.7. The summed E-state index contributed by atoms with van der Waals surface area (Å²) in [6.07, 6.45) is 41.6. The van der Waals surface area contributed by atoms with E-state index in [4.69, 9.17) is 13.3 Å². The fraction of sp³-hybridized carbons (Fsp3) is 0.00787. The number of thiophene rings is 3. The molecule has 39 aromatic rings. The van der Waals surface area contributed by atoms with Crippen molar-refractivity contribution in [3.05, 3.63) is 406 Å². The third-order valence-corrected chi connectivity index (χ3v) is 35.8. The van der Waals surface area contributed by atoms with Crippen molar-refractivity contribution >= 4 is 354 Å². The zero-order chi connectivity index (χ0) is 94.6. The number of benzene rings is 7. The van der Waals surface area contributed by atoms with Crippen molar-refractivity contribution < 1.29 is 13.3 Å². The van der Waals surface area contributed by atoms with E-state index in [2.05, 4.69) is 445 Å². The van der Waals surface area contributed by atoms with E-state index in [-0.39, 0.29) is 0 Å². The normalized spacial score (nSPS) is 13.1. The topological polar surface area (TPSA) is 124 Å². The average Bonchev–Trinajstić information content (AvgIpc) is 1.52. The molecule has 0 atom stereocenters. The molecule has 0 amide bonds. The lowest BCUT2D eigenvalue weighted by atomic mass is 9.93. The zero-order valence-electron chi connectivity index (χ0n) is 77.6. The number of hydrogen-bond donors (Lipinski definition) is 2. The monoisotopic (exact) mass is 1930 g/mol. The number of allylic oxidation sites excluding steroid dienone is 1. The molecule has 0 aliphatic heterocycles. The van der Waals surface area contributed by atoms with Crippen LogP contribution < -0.4 is 0 Å². The van der Waals surface area contributed by atoms with Crippen molar-refractivity contribution in [2.75, 3.05) is 0 Å². The number of hydrogen-bond acceptors (Lipinski definition) is 6. The second kappa shape index (κ2) is 27.2. The summed E-state index contributed by atoms with van der Waals surface area (Å²) < 4.78 is 50.9. The van der Waals surface area contributed by atoms with Crippen LogP contribution >= 0.6 is 34.0 Å². The van der Waals surface area contributed by atoms with Crippen LogP contribution in [-0.4, -0.2) is 62.8 Å². The Hall–Kier alpha value is -19.1. The van der Waals surface area contributed by atoms with Gasteiger partial charge in [0.05, 0.1) is 171 Å². The van der Waals surface area contributed by atoms with Crippen LogP contribution in [0.15, 0.2) is 408 Å². The molecule has 0 saturated heterocycles. The van der Waals surface area contributed by atoms with Gasteiger partial charge in [0.1, 0.15) is 0 Å². The van der Waals surface area contributed by atoms with Gasteiger partial charge in [0.25, 0.3) is 0 Å². The summed E-state index contributed by atoms with van der Waals surface area (Å²) in [5, 5.41) is 39.4. The van der Waals surface area contributed by atoms with Gasteiger partial charge in [0.2, 0.25) is 0 Å². The van der Waals surface area contributed by atoms with E-state index in [1.807, 2.05) is 34.0 Å². The molecule has 0 spiro atoms. The minimum atomic E-state index is 0.881. The minimum absolute atomic E-state index is 0.881. The lowest BCUT2D eigenvalue weighted by Gasteiger charge is -2.21. The molecule has 0 bridgehead atoms. The number of fused-ring (bicyclic) bond motifs is 84. The van der Waals surface area contributed by atoms with Gasteiger partial charge in [-0.2, -0.15) is 0 Å². The lowest BCUT2D eigenvalue weighted by Crippen LogP contribution is -2.02. The predicted octanol–water partition coefficient (Wildman–Crippen LogP) is 34.5. The van der Waals surface area contributed by atoms with Crippen LogP contribution in [0.4, 0.5) is 0 Å². The number of rotatable bonds is 0. The Morgan fingerprint density at radius 1 is 0.197 bits per heavy atom. The number of nitrogens with one attached hydrogen (secondary N) is 2. The average molecular weight is 1940 g/mol. The van der Waals surface area contributed by atoms with Crippen LogP contribution in [0, 0.1) is 0 Å². The second-order valence-corrected chi connectivity index (χ2v) is 42.2. The van der Waals surface area contributed by atoms with Crippen molar-refractivity contribution in [3.63, 3.8) is 0 Å². The maximum atomic E-state index is 6.08. The molecule has 0 fully saturated rings. The highest BCUT2D eigenvalue weighted by Crippen LogP contribution is 2.56. The molecule has 2 N–H and O–H groups in total. The Kier molecular flexibility index (Phi) is 14.2. The Labute approximate surface area is 836 Å². The van der Waals surface area contributed by atoms with Crippen molar-refractivity contribution in [3.8, 4) is 0 Å². The predicted molar refractivity (Wildman–Crippen MR) is 612 cm³/mol. The molecule has 32 heterocycles. The van der Waals surface area contributed by atoms with Gasteiger partial charge in [-0.1, -0.05) is 84.9 Å². The number of nitrogens with zero attached hydrogens (tertiary/aromatic N) is 12. The molecule has 0 unspecified atom stereocenters. The lowest BCUT2D eigenvalue weighted by molar-refractivity contribution is 0.618. The molecular weight excluding hydrogens is 1870 g/mol. The quantitative estimate of drug-likeness (QED) is 0.147. The number of furan rings is 3. The summed E-state index contributed by atoms with van der Waals surface area (Å²) in [7, 11) is 0. The fourth-order valence-electron chi connectivity index (χ4n) is 27.7. The van der Waals surface area contributed by atoms with Gasteiger partial charge in [0, 0.05) is 216 Å². The molecular formula is C127H70N14O3S3. The fourth-order valence-corrected chi connectivity index (χ4v) is 30.5. The molecule has 684 valence electrons. The van der Waals surface area contributed by atoms with Gasteiger partial charge in [0.15, 0.2) is 16.7 Å². The van der Waals surface area contributed by atoms with E-state index < -0.39 is 0 Å². The maximum absolute atomic E-state index is 6.08. The van der Waals surface area contributed by atoms with Gasteiger partial charge in [-0.15, -0.1) is 34.0 Å². The molecule has 7 aromatic carbocycles. The van der Waals surface area contributed by atoms with Gasteiger partial charge in [-0.3, -0.25) is 0 Å². The molecule has 1 aliphatic rings. The summed E-state index contributed by atoms with van der Waals surface area (Å²) in [4.78, 5) is 7.10. The van der Waals surface area contributed by atoms with Gasteiger partial charge in [-0.25, -0.2) is 0 Å². The first-order valence-corrected chi connectivity index (χ1v) is 52.4. The standard InChI is InChI=1S/C36H21N3.C31H19N5.C30H15N3O3.C30H15N3S3/c1-4-13-25-22(10-1)28-16-7-19-37(28)34-31(25)35-33(27-15-6-3-12-24(27)29-17-8-20-38(29)35)36-32(34)26-14-5-2-11-23(26)30-18-9-21-39(30)36;1-5-17-18(6-1)24-29(34-14-2-7-21(17)34)25-19-10-12-32-27(19)23-9-4-16-36(23)31(25)26-20-11-13-33-28(20)22-8-3-15-35(22)30(24)26;2*1-4-19-28-16(7-13-34-28)22-25(31(19)10-1)23-17-8-14-35-29(17)20-5-2-12-33(20)27(23)24-18-9-15-36-30(18)21-6-3-11-32(21)26(22)24/h1-21H;1-4,6-16,32-33H,5H2;2*1-15H. The van der Waals surface area contributed by atoms with Gasteiger partial charge in [-0.05, 0) is 244 Å². The molecule has 147 heavy (non-hydrogen) atoms.